The highest BCUT2D eigenvalue weighted by atomic mass is 35.5. The lowest BCUT2D eigenvalue weighted by atomic mass is 10.1. The molecule has 5 nitrogen and oxygen atoms in total. The summed E-state index contributed by atoms with van der Waals surface area (Å²) in [7, 11) is -3.28. The molecule has 7 heteroatoms. The summed E-state index contributed by atoms with van der Waals surface area (Å²) in [4.78, 5) is 12.1. The average Bonchev–Trinajstić information content (AvgIpc) is 2.91. The van der Waals surface area contributed by atoms with Gasteiger partial charge in [-0.15, -0.1) is 12.4 Å². The van der Waals surface area contributed by atoms with Gasteiger partial charge < -0.3 is 10.6 Å². The lowest BCUT2D eigenvalue weighted by molar-refractivity contribution is 0.0952. The molecule has 0 unspecified atom stereocenters. The van der Waals surface area contributed by atoms with E-state index in [0.717, 1.165) is 25.6 Å². The Balaban J connectivity index is 0.00000220. The Kier molecular flexibility index (Phi) is 6.64. The monoisotopic (exact) mass is 332 g/mol. The van der Waals surface area contributed by atoms with Gasteiger partial charge in [-0.3, -0.25) is 4.79 Å². The highest BCUT2D eigenvalue weighted by Crippen LogP contribution is 2.11. The van der Waals surface area contributed by atoms with Crippen molar-refractivity contribution in [3.63, 3.8) is 0 Å². The van der Waals surface area contributed by atoms with Gasteiger partial charge in [-0.05, 0) is 44.0 Å². The number of carbonyl (C=O) groups excluding carboxylic acids is 1. The molecular weight excluding hydrogens is 312 g/mol. The number of benzene rings is 1. The molecule has 1 fully saturated rings. The van der Waals surface area contributed by atoms with Gasteiger partial charge in [0.05, 0.1) is 4.90 Å². The summed E-state index contributed by atoms with van der Waals surface area (Å²) >= 11 is 0. The number of halogens is 1. The lowest BCUT2D eigenvalue weighted by Crippen LogP contribution is -2.30. The minimum Gasteiger partial charge on any atom is -0.352 e. The molecule has 0 spiro atoms. The summed E-state index contributed by atoms with van der Waals surface area (Å²) in [6, 6.07) is 6.60. The number of nitrogens with one attached hydrogen (secondary N) is 2. The largest absolute Gasteiger partial charge is 0.352 e. The van der Waals surface area contributed by atoms with Gasteiger partial charge in [0.25, 0.3) is 5.91 Å². The zero-order valence-electron chi connectivity index (χ0n) is 12.0. The Morgan fingerprint density at radius 2 is 2.19 bits per heavy atom. The fourth-order valence-electron chi connectivity index (χ4n) is 2.33. The number of hydrogen-bond donors (Lipinski definition) is 2. The Hall–Kier alpha value is -1.11. The molecule has 0 saturated carbocycles. The van der Waals surface area contributed by atoms with E-state index in [4.69, 9.17) is 0 Å². The Morgan fingerprint density at radius 1 is 1.43 bits per heavy atom. The second kappa shape index (κ2) is 7.77. The van der Waals surface area contributed by atoms with Gasteiger partial charge in [0.15, 0.2) is 9.84 Å². The van der Waals surface area contributed by atoms with E-state index >= 15 is 0 Å². The van der Waals surface area contributed by atoms with Crippen molar-refractivity contribution in [3.8, 4) is 0 Å². The molecule has 1 atom stereocenters. The minimum absolute atomic E-state index is 0. The summed E-state index contributed by atoms with van der Waals surface area (Å²) in [5, 5.41) is 6.20. The van der Waals surface area contributed by atoms with Gasteiger partial charge in [0.2, 0.25) is 0 Å². The van der Waals surface area contributed by atoms with Crippen LogP contribution in [0.25, 0.3) is 0 Å². The molecule has 0 aromatic heterocycles. The summed E-state index contributed by atoms with van der Waals surface area (Å²) in [6.07, 6.45) is 4.38. The van der Waals surface area contributed by atoms with Gasteiger partial charge >= 0.3 is 0 Å². The van der Waals surface area contributed by atoms with E-state index in [2.05, 4.69) is 10.6 Å². The predicted octanol–water partition coefficient (Wildman–Crippen LogP) is 1.38. The number of amides is 1. The summed E-state index contributed by atoms with van der Waals surface area (Å²) in [5.41, 5.74) is 0.382. The molecule has 1 aromatic rings. The highest BCUT2D eigenvalue weighted by Gasteiger charge is 2.15. The smallest absolute Gasteiger partial charge is 0.251 e. The lowest BCUT2D eigenvalue weighted by Gasteiger charge is -2.11. The minimum atomic E-state index is -3.28. The Morgan fingerprint density at radius 3 is 2.81 bits per heavy atom. The van der Waals surface area contributed by atoms with Crippen molar-refractivity contribution >= 4 is 28.2 Å². The molecule has 0 aliphatic carbocycles. The van der Waals surface area contributed by atoms with Crippen LogP contribution in [0.1, 0.15) is 29.6 Å². The van der Waals surface area contributed by atoms with Crippen LogP contribution in [0.15, 0.2) is 29.2 Å². The van der Waals surface area contributed by atoms with E-state index in [1.165, 1.54) is 18.6 Å². The quantitative estimate of drug-likeness (QED) is 0.854. The van der Waals surface area contributed by atoms with Gasteiger partial charge in [0.1, 0.15) is 0 Å². The van der Waals surface area contributed by atoms with Crippen molar-refractivity contribution < 1.29 is 13.2 Å². The number of carbonyl (C=O) groups is 1. The first-order chi connectivity index (χ1) is 9.47. The topological polar surface area (TPSA) is 75.3 Å². The molecule has 1 aromatic carbocycles. The van der Waals surface area contributed by atoms with Crippen molar-refractivity contribution in [1.82, 2.24) is 10.6 Å². The number of sulfone groups is 1. The molecule has 0 radical (unpaired) electrons. The molecular formula is C14H21ClN2O3S. The van der Waals surface area contributed by atoms with Crippen LogP contribution < -0.4 is 10.6 Å². The van der Waals surface area contributed by atoms with E-state index in [0.29, 0.717) is 18.2 Å². The first-order valence-corrected chi connectivity index (χ1v) is 8.67. The SMILES string of the molecule is CS(=O)(=O)c1cccc(C(=O)NCC[C@H]2CCCN2)c1.Cl. The molecule has 1 saturated heterocycles. The van der Waals surface area contributed by atoms with Crippen molar-refractivity contribution in [2.45, 2.75) is 30.2 Å². The van der Waals surface area contributed by atoms with Crippen molar-refractivity contribution in [3.05, 3.63) is 29.8 Å². The van der Waals surface area contributed by atoms with Crippen LogP contribution in [0.2, 0.25) is 0 Å². The maximum absolute atomic E-state index is 12.0. The van der Waals surface area contributed by atoms with Crippen molar-refractivity contribution in [2.24, 2.45) is 0 Å². The number of hydrogen-bond acceptors (Lipinski definition) is 4. The highest BCUT2D eigenvalue weighted by molar-refractivity contribution is 7.90. The van der Waals surface area contributed by atoms with Gasteiger partial charge in [-0.25, -0.2) is 8.42 Å². The molecule has 2 rings (SSSR count). The van der Waals surface area contributed by atoms with E-state index in [1.54, 1.807) is 12.1 Å². The maximum atomic E-state index is 12.0. The van der Waals surface area contributed by atoms with E-state index in [-0.39, 0.29) is 23.2 Å². The summed E-state index contributed by atoms with van der Waals surface area (Å²) in [5.74, 6) is -0.228. The molecule has 1 aliphatic heterocycles. The van der Waals surface area contributed by atoms with Crippen LogP contribution >= 0.6 is 12.4 Å². The maximum Gasteiger partial charge on any atom is 0.251 e. The van der Waals surface area contributed by atoms with Crippen LogP contribution in [0.4, 0.5) is 0 Å². The third-order valence-corrected chi connectivity index (χ3v) is 4.58. The first-order valence-electron chi connectivity index (χ1n) is 6.78. The van der Waals surface area contributed by atoms with Crippen LogP contribution in [-0.2, 0) is 9.84 Å². The standard InChI is InChI=1S/C14H20N2O3S.ClH/c1-20(18,19)13-6-2-4-11(10-13)14(17)16-9-7-12-5-3-8-15-12;/h2,4,6,10,12,15H,3,5,7-9H2,1H3,(H,16,17);1H/t12-;/m1./s1. The zero-order valence-corrected chi connectivity index (χ0v) is 13.6. The van der Waals surface area contributed by atoms with Gasteiger partial charge in [-0.2, -0.15) is 0 Å². The normalized spacial score (nSPS) is 18.0. The molecule has 2 N–H and O–H groups in total. The summed E-state index contributed by atoms with van der Waals surface area (Å²) in [6.45, 7) is 1.65. The first kappa shape index (κ1) is 17.9. The van der Waals surface area contributed by atoms with Crippen molar-refractivity contribution in [2.75, 3.05) is 19.3 Å². The second-order valence-corrected chi connectivity index (χ2v) is 7.15. The Bertz CT molecular complexity index is 584. The summed E-state index contributed by atoms with van der Waals surface area (Å²) < 4.78 is 22.9. The van der Waals surface area contributed by atoms with Crippen LogP contribution in [-0.4, -0.2) is 39.7 Å². The molecule has 1 aliphatic rings. The van der Waals surface area contributed by atoms with Gasteiger partial charge in [0, 0.05) is 24.4 Å². The molecule has 1 amide bonds. The van der Waals surface area contributed by atoms with Crippen LogP contribution in [0.3, 0.4) is 0 Å². The van der Waals surface area contributed by atoms with Crippen LogP contribution in [0.5, 0.6) is 0 Å². The fraction of sp³-hybridized carbons (Fsp3) is 0.500. The molecule has 0 bridgehead atoms. The van der Waals surface area contributed by atoms with E-state index < -0.39 is 9.84 Å². The second-order valence-electron chi connectivity index (χ2n) is 5.14. The number of rotatable bonds is 5. The molecule has 1 heterocycles. The zero-order chi connectivity index (χ0) is 14.6. The molecule has 118 valence electrons. The van der Waals surface area contributed by atoms with E-state index in [1.807, 2.05) is 0 Å². The fourth-order valence-corrected chi connectivity index (χ4v) is 3.00. The Labute approximate surface area is 131 Å². The average molecular weight is 333 g/mol. The van der Waals surface area contributed by atoms with E-state index in [9.17, 15) is 13.2 Å². The third-order valence-electron chi connectivity index (χ3n) is 3.47. The predicted molar refractivity (Wildman–Crippen MR) is 84.8 cm³/mol. The molecule has 21 heavy (non-hydrogen) atoms. The van der Waals surface area contributed by atoms with Gasteiger partial charge in [-0.1, -0.05) is 6.07 Å². The third kappa shape index (κ3) is 5.30. The van der Waals surface area contributed by atoms with Crippen LogP contribution in [0, 0.1) is 0 Å². The van der Waals surface area contributed by atoms with Crippen molar-refractivity contribution in [1.29, 1.82) is 0 Å².